The van der Waals surface area contributed by atoms with E-state index in [1.807, 2.05) is 13.8 Å². The average Bonchev–Trinajstić information content (AvgIpc) is 2.64. The molecule has 0 nitrogen and oxygen atoms in total. The SMILES string of the molecule is CC.CC(C)(C)C.CC1(C)C[C@H]2CCCC[C@H]2C1.CCC. The Morgan fingerprint density at radius 3 is 1.29 bits per heavy atom. The Bertz CT molecular complexity index is 197. The lowest BCUT2D eigenvalue weighted by molar-refractivity contribution is 0.277. The van der Waals surface area contributed by atoms with Crippen molar-refractivity contribution in [2.75, 3.05) is 0 Å². The first-order valence-corrected chi connectivity index (χ1v) is 9.59. The molecule has 2 atom stereocenters. The van der Waals surface area contributed by atoms with Gasteiger partial charge < -0.3 is 0 Å². The molecule has 0 unspecified atom stereocenters. The molecule has 0 N–H and O–H groups in total. The maximum absolute atomic E-state index is 2.45. The van der Waals surface area contributed by atoms with E-state index in [4.69, 9.17) is 0 Å². The predicted octanol–water partition coefficient (Wildman–Crippen LogP) is 8.11. The average molecular weight is 299 g/mol. The molecule has 2 aliphatic carbocycles. The van der Waals surface area contributed by atoms with Gasteiger partial charge in [-0.15, -0.1) is 0 Å². The van der Waals surface area contributed by atoms with Gasteiger partial charge >= 0.3 is 0 Å². The summed E-state index contributed by atoms with van der Waals surface area (Å²) in [5.41, 5.74) is 1.18. The molecule has 2 fully saturated rings. The van der Waals surface area contributed by atoms with E-state index in [0.717, 1.165) is 11.8 Å². The van der Waals surface area contributed by atoms with Crippen LogP contribution in [0.3, 0.4) is 0 Å². The molecule has 2 aliphatic rings. The highest BCUT2D eigenvalue weighted by Crippen LogP contribution is 2.50. The molecule has 0 amide bonds. The van der Waals surface area contributed by atoms with Crippen LogP contribution < -0.4 is 0 Å². The molecule has 2 rings (SSSR count). The van der Waals surface area contributed by atoms with E-state index in [1.54, 1.807) is 0 Å². The molecule has 2 saturated carbocycles. The Morgan fingerprint density at radius 2 is 1.05 bits per heavy atom. The molecule has 0 radical (unpaired) electrons. The minimum absolute atomic E-state index is 0.500. The van der Waals surface area contributed by atoms with Gasteiger partial charge in [0.2, 0.25) is 0 Å². The number of fused-ring (bicyclic) bond motifs is 1. The highest BCUT2D eigenvalue weighted by atomic mass is 14.4. The first-order chi connectivity index (χ1) is 9.59. The van der Waals surface area contributed by atoms with E-state index in [-0.39, 0.29) is 0 Å². The van der Waals surface area contributed by atoms with Crippen LogP contribution >= 0.6 is 0 Å². The topological polar surface area (TPSA) is 0 Å². The third kappa shape index (κ3) is 14.7. The molecule has 0 aromatic carbocycles. The van der Waals surface area contributed by atoms with Crippen LogP contribution in [0, 0.1) is 22.7 Å². The molecular weight excluding hydrogens is 252 g/mol. The first kappa shape index (κ1) is 23.3. The smallest absolute Gasteiger partial charge is 0.0349 e. The number of hydrogen-bond donors (Lipinski definition) is 0. The number of hydrogen-bond acceptors (Lipinski definition) is 0. The Balaban J connectivity index is 0. The zero-order valence-electron chi connectivity index (χ0n) is 17.1. The predicted molar refractivity (Wildman–Crippen MR) is 101 cm³/mol. The third-order valence-corrected chi connectivity index (χ3v) is 3.70. The molecule has 0 saturated heterocycles. The van der Waals surface area contributed by atoms with Crippen molar-refractivity contribution in [3.63, 3.8) is 0 Å². The molecule has 0 heterocycles. The molecule has 0 bridgehead atoms. The van der Waals surface area contributed by atoms with Gasteiger partial charge in [-0.25, -0.2) is 0 Å². The second-order valence-corrected chi connectivity index (χ2v) is 9.08. The lowest BCUT2D eigenvalue weighted by Gasteiger charge is -2.24. The van der Waals surface area contributed by atoms with Crippen molar-refractivity contribution in [1.82, 2.24) is 0 Å². The fraction of sp³-hybridized carbons (Fsp3) is 1.00. The van der Waals surface area contributed by atoms with Gasteiger partial charge in [0.25, 0.3) is 0 Å². The van der Waals surface area contributed by atoms with Crippen LogP contribution in [-0.4, -0.2) is 0 Å². The lowest BCUT2D eigenvalue weighted by atomic mass is 9.82. The van der Waals surface area contributed by atoms with Crippen LogP contribution in [0.2, 0.25) is 0 Å². The highest BCUT2D eigenvalue weighted by molar-refractivity contribution is 4.90. The van der Waals surface area contributed by atoms with Gasteiger partial charge in [0.1, 0.15) is 0 Å². The van der Waals surface area contributed by atoms with Gasteiger partial charge in [-0.2, -0.15) is 0 Å². The fourth-order valence-electron chi connectivity index (χ4n) is 3.32. The molecule has 0 aliphatic heterocycles. The van der Waals surface area contributed by atoms with Gasteiger partial charge in [-0.05, 0) is 35.5 Å². The fourth-order valence-corrected chi connectivity index (χ4v) is 3.32. The Labute approximate surface area is 137 Å². The Hall–Kier alpha value is 0. The van der Waals surface area contributed by atoms with E-state index >= 15 is 0 Å². The van der Waals surface area contributed by atoms with Crippen molar-refractivity contribution in [3.05, 3.63) is 0 Å². The summed E-state index contributed by atoms with van der Waals surface area (Å²) in [6, 6.07) is 0. The van der Waals surface area contributed by atoms with Crippen molar-refractivity contribution in [1.29, 1.82) is 0 Å². The molecule has 0 heteroatoms. The third-order valence-electron chi connectivity index (χ3n) is 3.70. The van der Waals surface area contributed by atoms with Crippen LogP contribution in [0.4, 0.5) is 0 Å². The highest BCUT2D eigenvalue weighted by Gasteiger charge is 2.39. The zero-order chi connectivity index (χ0) is 17.1. The standard InChI is InChI=1S/C11H20.C5H12.C3H8.C2H6/c1-11(2)7-9-5-3-4-6-10(9)8-11;1-5(2,3)4;1-3-2;1-2/h9-10H,3-8H2,1-2H3;1-4H3;3H2,1-2H3;1-2H3/t9-,10+;;;. The Morgan fingerprint density at radius 1 is 0.810 bits per heavy atom. The maximum atomic E-state index is 2.45. The minimum Gasteiger partial charge on any atom is -0.0683 e. The van der Waals surface area contributed by atoms with Crippen molar-refractivity contribution < 1.29 is 0 Å². The second kappa shape index (κ2) is 11.6. The normalized spacial score (nSPS) is 26.0. The van der Waals surface area contributed by atoms with Gasteiger partial charge in [0.15, 0.2) is 0 Å². The van der Waals surface area contributed by atoms with Crippen molar-refractivity contribution in [2.45, 2.75) is 114 Å². The van der Waals surface area contributed by atoms with Gasteiger partial charge in [0.05, 0.1) is 0 Å². The molecule has 0 aromatic heterocycles. The van der Waals surface area contributed by atoms with E-state index in [0.29, 0.717) is 10.8 Å². The first-order valence-electron chi connectivity index (χ1n) is 9.59. The quantitative estimate of drug-likeness (QED) is 0.423. The summed E-state index contributed by atoms with van der Waals surface area (Å²) in [5, 5.41) is 0. The monoisotopic (exact) mass is 298 g/mol. The largest absolute Gasteiger partial charge is 0.0683 e. The van der Waals surface area contributed by atoms with E-state index < -0.39 is 0 Å². The van der Waals surface area contributed by atoms with Crippen LogP contribution in [0.15, 0.2) is 0 Å². The zero-order valence-corrected chi connectivity index (χ0v) is 17.1. The summed E-state index contributed by atoms with van der Waals surface area (Å²) in [4.78, 5) is 0. The molecule has 21 heavy (non-hydrogen) atoms. The molecule has 0 spiro atoms. The maximum Gasteiger partial charge on any atom is -0.0349 e. The summed E-state index contributed by atoms with van der Waals surface area (Å²) in [5.74, 6) is 2.22. The summed E-state index contributed by atoms with van der Waals surface area (Å²) >= 11 is 0. The van der Waals surface area contributed by atoms with Crippen LogP contribution in [0.1, 0.15) is 114 Å². The summed E-state index contributed by atoms with van der Waals surface area (Å²) in [6.45, 7) is 21.9. The summed E-state index contributed by atoms with van der Waals surface area (Å²) < 4.78 is 0. The number of rotatable bonds is 0. The molecular formula is C21H46. The van der Waals surface area contributed by atoms with Crippen LogP contribution in [0.25, 0.3) is 0 Å². The second-order valence-electron chi connectivity index (χ2n) is 9.08. The molecule has 130 valence electrons. The summed E-state index contributed by atoms with van der Waals surface area (Å²) in [7, 11) is 0. The lowest BCUT2D eigenvalue weighted by Crippen LogP contribution is -2.12. The minimum atomic E-state index is 0.500. The van der Waals surface area contributed by atoms with Crippen LogP contribution in [-0.2, 0) is 0 Å². The Kier molecular flexibility index (Phi) is 12.8. The van der Waals surface area contributed by atoms with E-state index in [1.165, 1.54) is 44.9 Å². The van der Waals surface area contributed by atoms with Gasteiger partial charge in [0, 0.05) is 0 Å². The van der Waals surface area contributed by atoms with Crippen molar-refractivity contribution in [2.24, 2.45) is 22.7 Å². The van der Waals surface area contributed by atoms with Crippen molar-refractivity contribution in [3.8, 4) is 0 Å². The van der Waals surface area contributed by atoms with Gasteiger partial charge in [-0.1, -0.05) is 101 Å². The molecule has 0 aromatic rings. The van der Waals surface area contributed by atoms with Crippen molar-refractivity contribution >= 4 is 0 Å². The van der Waals surface area contributed by atoms with Crippen LogP contribution in [0.5, 0.6) is 0 Å². The van der Waals surface area contributed by atoms with E-state index in [9.17, 15) is 0 Å². The van der Waals surface area contributed by atoms with Gasteiger partial charge in [-0.3, -0.25) is 0 Å². The van der Waals surface area contributed by atoms with E-state index in [2.05, 4.69) is 55.4 Å². The summed E-state index contributed by atoms with van der Waals surface area (Å²) in [6.07, 6.45) is 10.4.